The number of ether oxygens (including phenoxy) is 2. The van der Waals surface area contributed by atoms with E-state index < -0.39 is 0 Å². The van der Waals surface area contributed by atoms with E-state index in [-0.39, 0.29) is 11.9 Å². The van der Waals surface area contributed by atoms with Crippen LogP contribution in [0.25, 0.3) is 0 Å². The SMILES string of the molecule is C=CCOc1ccc(C(=O)NC(c2ccc(C)cc2)C2CC2)cc1OC. The van der Waals surface area contributed by atoms with Crippen LogP contribution in [-0.2, 0) is 0 Å². The van der Waals surface area contributed by atoms with Crippen molar-refractivity contribution < 1.29 is 14.3 Å². The highest BCUT2D eigenvalue weighted by molar-refractivity contribution is 5.95. The molecule has 0 spiro atoms. The molecule has 1 unspecified atom stereocenters. The summed E-state index contributed by atoms with van der Waals surface area (Å²) in [5, 5.41) is 3.19. The summed E-state index contributed by atoms with van der Waals surface area (Å²) in [7, 11) is 1.57. The Kier molecular flexibility index (Phi) is 5.61. The third kappa shape index (κ3) is 4.26. The van der Waals surface area contributed by atoms with Crippen LogP contribution in [0.3, 0.4) is 0 Å². The Hall–Kier alpha value is -2.75. The highest BCUT2D eigenvalue weighted by Crippen LogP contribution is 2.41. The average Bonchev–Trinajstić information content (AvgIpc) is 3.50. The molecule has 1 saturated carbocycles. The van der Waals surface area contributed by atoms with Crippen molar-refractivity contribution in [3.05, 3.63) is 71.8 Å². The standard InChI is InChI=1S/C22H25NO3/c1-4-13-26-19-12-11-18(14-20(19)25-3)22(24)23-21(17-9-10-17)16-7-5-15(2)6-8-16/h4-8,11-12,14,17,21H,1,9-10,13H2,2-3H3,(H,23,24). The smallest absolute Gasteiger partial charge is 0.251 e. The first-order valence-corrected chi connectivity index (χ1v) is 8.91. The first-order valence-electron chi connectivity index (χ1n) is 8.91. The maximum Gasteiger partial charge on any atom is 0.251 e. The third-order valence-corrected chi connectivity index (χ3v) is 4.60. The van der Waals surface area contributed by atoms with Crippen molar-refractivity contribution in [3.63, 3.8) is 0 Å². The zero-order valence-electron chi connectivity index (χ0n) is 15.3. The summed E-state index contributed by atoms with van der Waals surface area (Å²) < 4.78 is 10.9. The summed E-state index contributed by atoms with van der Waals surface area (Å²) in [6.45, 7) is 6.09. The van der Waals surface area contributed by atoms with Gasteiger partial charge in [-0.3, -0.25) is 4.79 Å². The molecule has 4 nitrogen and oxygen atoms in total. The van der Waals surface area contributed by atoms with Gasteiger partial charge in [0.15, 0.2) is 11.5 Å². The number of nitrogens with one attached hydrogen (secondary N) is 1. The first kappa shape index (κ1) is 18.1. The molecule has 26 heavy (non-hydrogen) atoms. The van der Waals surface area contributed by atoms with Crippen LogP contribution in [0.4, 0.5) is 0 Å². The van der Waals surface area contributed by atoms with Gasteiger partial charge in [0, 0.05) is 5.56 Å². The van der Waals surface area contributed by atoms with Crippen LogP contribution in [0, 0.1) is 12.8 Å². The summed E-state index contributed by atoms with van der Waals surface area (Å²) in [5.41, 5.74) is 2.93. The lowest BCUT2D eigenvalue weighted by atomic mass is 10.0. The van der Waals surface area contributed by atoms with Gasteiger partial charge in [-0.25, -0.2) is 0 Å². The van der Waals surface area contributed by atoms with Crippen LogP contribution in [0.2, 0.25) is 0 Å². The van der Waals surface area contributed by atoms with E-state index in [9.17, 15) is 4.79 Å². The molecule has 1 amide bonds. The zero-order valence-corrected chi connectivity index (χ0v) is 15.3. The first-order chi connectivity index (χ1) is 12.6. The average molecular weight is 351 g/mol. The molecule has 0 aromatic heterocycles. The molecule has 0 saturated heterocycles. The predicted molar refractivity (Wildman–Crippen MR) is 103 cm³/mol. The molecule has 0 aliphatic heterocycles. The fraction of sp³-hybridized carbons (Fsp3) is 0.318. The molecule has 2 aromatic carbocycles. The highest BCUT2D eigenvalue weighted by atomic mass is 16.5. The molecular weight excluding hydrogens is 326 g/mol. The van der Waals surface area contributed by atoms with Crippen LogP contribution < -0.4 is 14.8 Å². The van der Waals surface area contributed by atoms with Gasteiger partial charge in [-0.2, -0.15) is 0 Å². The summed E-state index contributed by atoms with van der Waals surface area (Å²) in [4.78, 5) is 12.8. The normalized spacial score (nSPS) is 14.4. The largest absolute Gasteiger partial charge is 0.493 e. The number of amides is 1. The van der Waals surface area contributed by atoms with E-state index in [0.29, 0.717) is 29.6 Å². The monoisotopic (exact) mass is 351 g/mol. The van der Waals surface area contributed by atoms with E-state index in [1.54, 1.807) is 31.4 Å². The quantitative estimate of drug-likeness (QED) is 0.715. The van der Waals surface area contributed by atoms with Gasteiger partial charge < -0.3 is 14.8 Å². The molecule has 0 heterocycles. The minimum Gasteiger partial charge on any atom is -0.493 e. The van der Waals surface area contributed by atoms with Crippen molar-refractivity contribution in [3.8, 4) is 11.5 Å². The van der Waals surface area contributed by atoms with Gasteiger partial charge in [0.05, 0.1) is 13.2 Å². The van der Waals surface area contributed by atoms with Crippen LogP contribution in [0.5, 0.6) is 11.5 Å². The molecule has 4 heteroatoms. The molecule has 3 rings (SSSR count). The molecule has 1 aliphatic carbocycles. The summed E-state index contributed by atoms with van der Waals surface area (Å²) >= 11 is 0. The second kappa shape index (κ2) is 8.09. The van der Waals surface area contributed by atoms with Crippen molar-refractivity contribution in [1.82, 2.24) is 5.32 Å². The molecule has 1 N–H and O–H groups in total. The van der Waals surface area contributed by atoms with Gasteiger partial charge in [-0.15, -0.1) is 0 Å². The van der Waals surface area contributed by atoms with E-state index >= 15 is 0 Å². The molecule has 1 aliphatic rings. The van der Waals surface area contributed by atoms with Crippen LogP contribution in [0.15, 0.2) is 55.1 Å². The summed E-state index contributed by atoms with van der Waals surface area (Å²) in [6, 6.07) is 13.7. The lowest BCUT2D eigenvalue weighted by Gasteiger charge is -2.19. The minimum atomic E-state index is -0.101. The Morgan fingerprint density at radius 3 is 2.58 bits per heavy atom. The molecule has 0 radical (unpaired) electrons. The maximum absolute atomic E-state index is 12.8. The Balaban J connectivity index is 1.77. The molecule has 0 bridgehead atoms. The zero-order chi connectivity index (χ0) is 18.5. The van der Waals surface area contributed by atoms with Crippen LogP contribution >= 0.6 is 0 Å². The molecule has 1 fully saturated rings. The topological polar surface area (TPSA) is 47.6 Å². The number of hydrogen-bond donors (Lipinski definition) is 1. The van der Waals surface area contributed by atoms with Gasteiger partial charge in [-0.05, 0) is 49.4 Å². The lowest BCUT2D eigenvalue weighted by molar-refractivity contribution is 0.0931. The van der Waals surface area contributed by atoms with Crippen LogP contribution in [0.1, 0.15) is 40.4 Å². The van der Waals surface area contributed by atoms with Gasteiger partial charge >= 0.3 is 0 Å². The van der Waals surface area contributed by atoms with Crippen molar-refractivity contribution in [2.24, 2.45) is 5.92 Å². The highest BCUT2D eigenvalue weighted by Gasteiger charge is 2.33. The van der Waals surface area contributed by atoms with Crippen molar-refractivity contribution in [2.45, 2.75) is 25.8 Å². The van der Waals surface area contributed by atoms with Gasteiger partial charge in [0.1, 0.15) is 6.61 Å². The van der Waals surface area contributed by atoms with E-state index in [2.05, 4.69) is 43.1 Å². The minimum absolute atomic E-state index is 0.0470. The van der Waals surface area contributed by atoms with Gasteiger partial charge in [-0.1, -0.05) is 42.5 Å². The second-order valence-electron chi connectivity index (χ2n) is 6.66. The summed E-state index contributed by atoms with van der Waals surface area (Å²) in [6.07, 6.45) is 3.97. The Bertz CT molecular complexity index is 778. The predicted octanol–water partition coefficient (Wildman–Crippen LogP) is 4.45. The van der Waals surface area contributed by atoms with E-state index in [0.717, 1.165) is 18.4 Å². The van der Waals surface area contributed by atoms with E-state index in [1.165, 1.54) is 5.56 Å². The Labute approximate surface area is 154 Å². The molecule has 1 atom stereocenters. The number of benzene rings is 2. The number of hydrogen-bond acceptors (Lipinski definition) is 3. The second-order valence-corrected chi connectivity index (χ2v) is 6.66. The number of rotatable bonds is 8. The third-order valence-electron chi connectivity index (χ3n) is 4.60. The summed E-state index contributed by atoms with van der Waals surface area (Å²) in [5.74, 6) is 1.55. The van der Waals surface area contributed by atoms with Crippen molar-refractivity contribution in [2.75, 3.05) is 13.7 Å². The van der Waals surface area contributed by atoms with E-state index in [4.69, 9.17) is 9.47 Å². The number of carbonyl (C=O) groups excluding carboxylic acids is 1. The van der Waals surface area contributed by atoms with Gasteiger partial charge in [0.2, 0.25) is 0 Å². The molecule has 2 aromatic rings. The van der Waals surface area contributed by atoms with E-state index in [1.807, 2.05) is 0 Å². The fourth-order valence-electron chi connectivity index (χ4n) is 2.98. The fourth-order valence-corrected chi connectivity index (χ4v) is 2.98. The lowest BCUT2D eigenvalue weighted by Crippen LogP contribution is -2.29. The number of aryl methyl sites for hydroxylation is 1. The van der Waals surface area contributed by atoms with Crippen molar-refractivity contribution in [1.29, 1.82) is 0 Å². The molecular formula is C22H25NO3. The molecule has 136 valence electrons. The Morgan fingerprint density at radius 2 is 1.96 bits per heavy atom. The number of methoxy groups -OCH3 is 1. The maximum atomic E-state index is 12.8. The van der Waals surface area contributed by atoms with Crippen LogP contribution in [-0.4, -0.2) is 19.6 Å². The Morgan fingerprint density at radius 1 is 1.23 bits per heavy atom. The number of carbonyl (C=O) groups is 1. The van der Waals surface area contributed by atoms with Crippen molar-refractivity contribution >= 4 is 5.91 Å². The van der Waals surface area contributed by atoms with Gasteiger partial charge in [0.25, 0.3) is 5.91 Å².